The van der Waals surface area contributed by atoms with E-state index in [1.54, 1.807) is 6.07 Å². The summed E-state index contributed by atoms with van der Waals surface area (Å²) < 4.78 is 11.2. The summed E-state index contributed by atoms with van der Waals surface area (Å²) in [7, 11) is 1.49. The maximum absolute atomic E-state index is 9.96. The first-order valence-corrected chi connectivity index (χ1v) is 10.0. The van der Waals surface area contributed by atoms with Crippen molar-refractivity contribution in [2.45, 2.75) is 26.2 Å². The zero-order chi connectivity index (χ0) is 22.0. The van der Waals surface area contributed by atoms with Crippen molar-refractivity contribution in [1.29, 1.82) is 0 Å². The van der Waals surface area contributed by atoms with E-state index in [1.165, 1.54) is 25.1 Å². The van der Waals surface area contributed by atoms with E-state index in [0.29, 0.717) is 28.3 Å². The van der Waals surface area contributed by atoms with Gasteiger partial charge in [0.15, 0.2) is 11.5 Å². The van der Waals surface area contributed by atoms with Gasteiger partial charge in [0, 0.05) is 17.4 Å². The first kappa shape index (κ1) is 20.5. The number of aromatic hydroxyl groups is 1. The van der Waals surface area contributed by atoms with Crippen LogP contribution < -0.4 is 14.8 Å². The molecule has 6 nitrogen and oxygen atoms in total. The number of hydrogen-bond acceptors (Lipinski definition) is 6. The van der Waals surface area contributed by atoms with Gasteiger partial charge in [-0.05, 0) is 53.4 Å². The Kier molecular flexibility index (Phi) is 5.38. The predicted octanol–water partition coefficient (Wildman–Crippen LogP) is 6.18. The van der Waals surface area contributed by atoms with Crippen LogP contribution in [0, 0.1) is 0 Å². The number of nitrogens with zero attached hydrogens (tertiary/aromatic N) is 2. The van der Waals surface area contributed by atoms with Crippen LogP contribution in [-0.4, -0.2) is 22.2 Å². The molecule has 0 aliphatic heterocycles. The van der Waals surface area contributed by atoms with Crippen LogP contribution >= 0.6 is 0 Å². The molecule has 158 valence electrons. The van der Waals surface area contributed by atoms with Crippen LogP contribution in [-0.2, 0) is 5.41 Å². The average molecular weight is 415 g/mol. The van der Waals surface area contributed by atoms with Gasteiger partial charge in [-0.1, -0.05) is 32.9 Å². The number of methoxy groups -OCH3 is 1. The molecule has 3 aromatic carbocycles. The summed E-state index contributed by atoms with van der Waals surface area (Å²) in [6.45, 7) is 6.61. The summed E-state index contributed by atoms with van der Waals surface area (Å²) in [6, 6.07) is 19.3. The van der Waals surface area contributed by atoms with Crippen molar-refractivity contribution >= 4 is 22.3 Å². The van der Waals surface area contributed by atoms with Gasteiger partial charge in [-0.3, -0.25) is 0 Å². The number of fused-ring (bicyclic) bond motifs is 1. The quantitative estimate of drug-likeness (QED) is 0.405. The van der Waals surface area contributed by atoms with Crippen molar-refractivity contribution in [3.05, 3.63) is 72.6 Å². The highest BCUT2D eigenvalue weighted by molar-refractivity contribution is 5.86. The predicted molar refractivity (Wildman–Crippen MR) is 123 cm³/mol. The van der Waals surface area contributed by atoms with E-state index in [9.17, 15) is 5.11 Å². The second-order valence-electron chi connectivity index (χ2n) is 8.30. The standard InChI is InChI=1S/C25H25N3O3/c1-25(2,3)16-5-7-17(8-6-16)28-18-9-11-19(12-10-18)31-24-20-13-23(30-4)22(29)14-21(20)26-15-27-24/h5-15,28-29H,1-4H3. The Labute approximate surface area is 181 Å². The van der Waals surface area contributed by atoms with Crippen LogP contribution in [0.3, 0.4) is 0 Å². The van der Waals surface area contributed by atoms with Crippen LogP contribution in [0.5, 0.6) is 23.1 Å². The summed E-state index contributed by atoms with van der Waals surface area (Å²) in [5.41, 5.74) is 3.97. The van der Waals surface area contributed by atoms with Crippen molar-refractivity contribution in [1.82, 2.24) is 9.97 Å². The van der Waals surface area contributed by atoms with E-state index < -0.39 is 0 Å². The van der Waals surface area contributed by atoms with Crippen molar-refractivity contribution in [2.24, 2.45) is 0 Å². The average Bonchev–Trinajstić information content (AvgIpc) is 2.74. The number of ether oxygens (including phenoxy) is 2. The molecule has 31 heavy (non-hydrogen) atoms. The van der Waals surface area contributed by atoms with Gasteiger partial charge in [0.2, 0.25) is 5.88 Å². The minimum atomic E-state index is 0.0191. The summed E-state index contributed by atoms with van der Waals surface area (Å²) >= 11 is 0. The maximum Gasteiger partial charge on any atom is 0.230 e. The number of rotatable bonds is 5. The number of nitrogens with one attached hydrogen (secondary N) is 1. The van der Waals surface area contributed by atoms with Crippen LogP contribution in [0.15, 0.2) is 67.0 Å². The van der Waals surface area contributed by atoms with E-state index in [2.05, 4.69) is 60.3 Å². The summed E-state index contributed by atoms with van der Waals surface area (Å²) in [6.07, 6.45) is 1.40. The summed E-state index contributed by atoms with van der Waals surface area (Å²) in [5.74, 6) is 1.39. The van der Waals surface area contributed by atoms with Gasteiger partial charge in [-0.15, -0.1) is 0 Å². The van der Waals surface area contributed by atoms with Crippen molar-refractivity contribution in [3.63, 3.8) is 0 Å². The molecule has 0 aliphatic carbocycles. The van der Waals surface area contributed by atoms with Gasteiger partial charge in [0.25, 0.3) is 0 Å². The molecular formula is C25H25N3O3. The van der Waals surface area contributed by atoms with Gasteiger partial charge < -0.3 is 19.9 Å². The third-order valence-corrected chi connectivity index (χ3v) is 5.01. The van der Waals surface area contributed by atoms with E-state index in [1.807, 2.05) is 24.3 Å². The van der Waals surface area contributed by atoms with Gasteiger partial charge >= 0.3 is 0 Å². The number of aromatic nitrogens is 2. The zero-order valence-electron chi connectivity index (χ0n) is 18.0. The molecule has 4 aromatic rings. The molecule has 2 N–H and O–H groups in total. The molecule has 1 heterocycles. The summed E-state index contributed by atoms with van der Waals surface area (Å²) in [4.78, 5) is 8.42. The highest BCUT2D eigenvalue weighted by atomic mass is 16.5. The highest BCUT2D eigenvalue weighted by Gasteiger charge is 2.13. The van der Waals surface area contributed by atoms with Crippen LogP contribution in [0.1, 0.15) is 26.3 Å². The van der Waals surface area contributed by atoms with Gasteiger partial charge in [0.1, 0.15) is 12.1 Å². The number of phenolic OH excluding ortho intramolecular Hbond substituents is 1. The zero-order valence-corrected chi connectivity index (χ0v) is 18.0. The molecular weight excluding hydrogens is 390 g/mol. The first-order valence-electron chi connectivity index (χ1n) is 10.0. The second-order valence-corrected chi connectivity index (χ2v) is 8.30. The van der Waals surface area contributed by atoms with Crippen LogP contribution in [0.2, 0.25) is 0 Å². The Morgan fingerprint density at radius 3 is 2.13 bits per heavy atom. The monoisotopic (exact) mass is 415 g/mol. The SMILES string of the molecule is COc1cc2c(Oc3ccc(Nc4ccc(C(C)(C)C)cc4)cc3)ncnc2cc1O. The van der Waals surface area contributed by atoms with E-state index in [0.717, 1.165) is 11.4 Å². The highest BCUT2D eigenvalue weighted by Crippen LogP contribution is 2.35. The fourth-order valence-corrected chi connectivity index (χ4v) is 3.23. The van der Waals surface area contributed by atoms with Crippen molar-refractivity contribution < 1.29 is 14.6 Å². The lowest BCUT2D eigenvalue weighted by atomic mass is 9.87. The van der Waals surface area contributed by atoms with Crippen molar-refractivity contribution in [2.75, 3.05) is 12.4 Å². The Balaban J connectivity index is 1.51. The molecule has 4 rings (SSSR count). The molecule has 0 amide bonds. The molecule has 0 saturated carbocycles. The lowest BCUT2D eigenvalue weighted by molar-refractivity contribution is 0.374. The minimum absolute atomic E-state index is 0.0191. The third-order valence-electron chi connectivity index (χ3n) is 5.01. The number of phenols is 1. The van der Waals surface area contributed by atoms with Gasteiger partial charge in [0.05, 0.1) is 18.0 Å². The Hall–Kier alpha value is -3.80. The number of benzene rings is 3. The van der Waals surface area contributed by atoms with Gasteiger partial charge in [-0.2, -0.15) is 0 Å². The van der Waals surface area contributed by atoms with Crippen LogP contribution in [0.25, 0.3) is 10.9 Å². The Bertz CT molecular complexity index is 1200. The lowest BCUT2D eigenvalue weighted by Crippen LogP contribution is -2.10. The molecule has 0 fully saturated rings. The largest absolute Gasteiger partial charge is 0.504 e. The number of hydrogen-bond donors (Lipinski definition) is 2. The van der Waals surface area contributed by atoms with E-state index >= 15 is 0 Å². The minimum Gasteiger partial charge on any atom is -0.504 e. The van der Waals surface area contributed by atoms with Crippen LogP contribution in [0.4, 0.5) is 11.4 Å². The lowest BCUT2D eigenvalue weighted by Gasteiger charge is -2.19. The molecule has 0 bridgehead atoms. The molecule has 0 spiro atoms. The molecule has 6 heteroatoms. The Morgan fingerprint density at radius 2 is 1.52 bits per heavy atom. The second kappa shape index (κ2) is 8.14. The molecule has 0 radical (unpaired) electrons. The van der Waals surface area contributed by atoms with E-state index in [-0.39, 0.29) is 11.2 Å². The maximum atomic E-state index is 9.96. The van der Waals surface area contributed by atoms with Crippen molar-refractivity contribution in [3.8, 4) is 23.1 Å². The van der Waals surface area contributed by atoms with Gasteiger partial charge in [-0.25, -0.2) is 9.97 Å². The normalized spacial score (nSPS) is 11.4. The first-order chi connectivity index (χ1) is 14.8. The number of anilines is 2. The topological polar surface area (TPSA) is 76.5 Å². The van der Waals surface area contributed by atoms with E-state index in [4.69, 9.17) is 9.47 Å². The molecule has 1 aromatic heterocycles. The molecule has 0 atom stereocenters. The fraction of sp³-hybridized carbons (Fsp3) is 0.200. The fourth-order valence-electron chi connectivity index (χ4n) is 3.23. The smallest absolute Gasteiger partial charge is 0.230 e. The summed E-state index contributed by atoms with van der Waals surface area (Å²) in [5, 5.41) is 14.0. The molecule has 0 saturated heterocycles. The third kappa shape index (κ3) is 4.53. The Morgan fingerprint density at radius 1 is 0.871 bits per heavy atom. The molecule has 0 aliphatic rings. The molecule has 0 unspecified atom stereocenters.